The van der Waals surface area contributed by atoms with Crippen LogP contribution < -0.4 is 4.90 Å². The summed E-state index contributed by atoms with van der Waals surface area (Å²) < 4.78 is 7.97. The number of hydrogen-bond donors (Lipinski definition) is 0. The summed E-state index contributed by atoms with van der Waals surface area (Å²) in [5.74, 6) is 0.533. The highest BCUT2D eigenvalue weighted by atomic mass is 35.5. The van der Waals surface area contributed by atoms with Gasteiger partial charge in [-0.05, 0) is 35.4 Å². The van der Waals surface area contributed by atoms with E-state index in [0.717, 1.165) is 21.7 Å². The zero-order valence-electron chi connectivity index (χ0n) is 15.6. The van der Waals surface area contributed by atoms with Crippen LogP contribution in [0.2, 0.25) is 10.0 Å². The molecule has 0 spiro atoms. The summed E-state index contributed by atoms with van der Waals surface area (Å²) in [6.07, 6.45) is 2.89. The molecule has 9 heteroatoms. The molecule has 0 N–H and O–H groups in total. The van der Waals surface area contributed by atoms with Crippen LogP contribution in [0.25, 0.3) is 0 Å². The van der Waals surface area contributed by atoms with Crippen molar-refractivity contribution in [3.05, 3.63) is 70.2 Å². The molecule has 0 saturated carbocycles. The lowest BCUT2D eigenvalue weighted by Gasteiger charge is -2.27. The Morgan fingerprint density at radius 1 is 1.24 bits per heavy atom. The number of thioether (sulfide) groups is 1. The maximum Gasteiger partial charge on any atom is 0.237 e. The van der Waals surface area contributed by atoms with Crippen molar-refractivity contribution in [1.82, 2.24) is 14.8 Å². The molecule has 1 atom stereocenters. The minimum absolute atomic E-state index is 0.100. The van der Waals surface area contributed by atoms with Gasteiger partial charge in [-0.15, -0.1) is 11.8 Å². The molecule has 4 rings (SSSR count). The van der Waals surface area contributed by atoms with E-state index in [0.29, 0.717) is 28.9 Å². The van der Waals surface area contributed by atoms with Crippen molar-refractivity contribution in [1.29, 1.82) is 0 Å². The van der Waals surface area contributed by atoms with Crippen LogP contribution in [0.5, 0.6) is 0 Å². The molecule has 29 heavy (non-hydrogen) atoms. The van der Waals surface area contributed by atoms with Gasteiger partial charge in [0.15, 0.2) is 0 Å². The summed E-state index contributed by atoms with van der Waals surface area (Å²) in [7, 11) is 1.80. The summed E-state index contributed by atoms with van der Waals surface area (Å²) in [4.78, 5) is 18.7. The number of hydrogen-bond acceptors (Lipinski definition) is 5. The quantitative estimate of drug-likeness (QED) is 0.550. The number of nitrogens with zero attached hydrogens (tertiary/aromatic N) is 4. The minimum Gasteiger partial charge on any atom is -0.367 e. The summed E-state index contributed by atoms with van der Waals surface area (Å²) in [6.45, 7) is 0.835. The Bertz CT molecular complexity index is 1030. The summed E-state index contributed by atoms with van der Waals surface area (Å²) >= 11 is 13.8. The van der Waals surface area contributed by atoms with E-state index in [1.807, 2.05) is 18.2 Å². The first-order valence-corrected chi connectivity index (χ1v) is 10.7. The van der Waals surface area contributed by atoms with E-state index in [2.05, 4.69) is 16.1 Å². The summed E-state index contributed by atoms with van der Waals surface area (Å²) in [6, 6.07) is 11.4. The minimum atomic E-state index is -0.266. The average molecular weight is 449 g/mol. The lowest BCUT2D eigenvalue weighted by molar-refractivity contribution is -0.116. The van der Waals surface area contributed by atoms with Crippen LogP contribution in [0.3, 0.4) is 0 Å². The summed E-state index contributed by atoms with van der Waals surface area (Å²) in [5.41, 5.74) is 2.77. The van der Waals surface area contributed by atoms with Crippen LogP contribution >= 0.6 is 35.0 Å². The highest BCUT2D eigenvalue weighted by Crippen LogP contribution is 2.37. The highest BCUT2D eigenvalue weighted by Gasteiger charge is 2.23. The first kappa shape index (κ1) is 20.2. The molecule has 0 saturated heterocycles. The van der Waals surface area contributed by atoms with E-state index >= 15 is 0 Å². The van der Waals surface area contributed by atoms with E-state index in [1.165, 1.54) is 6.33 Å². The molecule has 0 radical (unpaired) electrons. The van der Waals surface area contributed by atoms with Crippen molar-refractivity contribution in [2.24, 2.45) is 0 Å². The first-order valence-electron chi connectivity index (χ1n) is 8.92. The Morgan fingerprint density at radius 2 is 2.10 bits per heavy atom. The van der Waals surface area contributed by atoms with E-state index < -0.39 is 0 Å². The fourth-order valence-corrected chi connectivity index (χ4v) is 4.58. The van der Waals surface area contributed by atoms with E-state index in [-0.39, 0.29) is 12.0 Å². The summed E-state index contributed by atoms with van der Waals surface area (Å²) in [5, 5.41) is 5.35. The molecule has 3 aromatic rings. The second-order valence-corrected chi connectivity index (χ2v) is 8.48. The Balaban J connectivity index is 1.59. The Kier molecular flexibility index (Phi) is 6.10. The van der Waals surface area contributed by atoms with Gasteiger partial charge in [0.1, 0.15) is 18.8 Å². The molecule has 150 valence electrons. The molecule has 1 aromatic heterocycles. The zero-order chi connectivity index (χ0) is 20.4. The number of halogens is 2. The number of rotatable bonds is 6. The predicted molar refractivity (Wildman–Crippen MR) is 115 cm³/mol. The zero-order valence-corrected chi connectivity index (χ0v) is 17.9. The number of anilines is 1. The fraction of sp³-hybridized carbons (Fsp3) is 0.250. The molecule has 0 bridgehead atoms. The average Bonchev–Trinajstić information content (AvgIpc) is 3.22. The van der Waals surface area contributed by atoms with Crippen LogP contribution in [-0.2, 0) is 22.7 Å². The lowest BCUT2D eigenvalue weighted by Crippen LogP contribution is -2.31. The van der Waals surface area contributed by atoms with Gasteiger partial charge in [0.25, 0.3) is 0 Å². The van der Waals surface area contributed by atoms with Crippen LogP contribution in [0.4, 0.5) is 5.69 Å². The van der Waals surface area contributed by atoms with Crippen LogP contribution in [-0.4, -0.2) is 33.5 Å². The van der Waals surface area contributed by atoms with E-state index in [1.54, 1.807) is 46.9 Å². The molecule has 2 heterocycles. The van der Waals surface area contributed by atoms with Gasteiger partial charge in [-0.3, -0.25) is 9.48 Å². The van der Waals surface area contributed by atoms with Gasteiger partial charge >= 0.3 is 0 Å². The SMILES string of the molecule is CN1C(=O)CSc2cc(C(Cn3cncn3)OCc3ccc(Cl)cc3Cl)ccc21. The van der Waals surface area contributed by atoms with Crippen LogP contribution in [0.15, 0.2) is 53.9 Å². The molecule has 1 aliphatic heterocycles. The van der Waals surface area contributed by atoms with E-state index in [4.69, 9.17) is 27.9 Å². The van der Waals surface area contributed by atoms with E-state index in [9.17, 15) is 4.79 Å². The maximum atomic E-state index is 11.9. The van der Waals surface area contributed by atoms with Gasteiger partial charge in [-0.25, -0.2) is 4.98 Å². The molecule has 1 amide bonds. The van der Waals surface area contributed by atoms with Crippen molar-refractivity contribution in [3.8, 4) is 0 Å². The highest BCUT2D eigenvalue weighted by molar-refractivity contribution is 8.00. The van der Waals surface area contributed by atoms with Crippen molar-refractivity contribution in [2.45, 2.75) is 24.2 Å². The lowest BCUT2D eigenvalue weighted by atomic mass is 10.1. The Labute approximate surface area is 182 Å². The van der Waals surface area contributed by atoms with Gasteiger partial charge < -0.3 is 9.64 Å². The topological polar surface area (TPSA) is 60.2 Å². The predicted octanol–water partition coefficient (Wildman–Crippen LogP) is 4.61. The monoisotopic (exact) mass is 448 g/mol. The largest absolute Gasteiger partial charge is 0.367 e. The van der Waals surface area contributed by atoms with Gasteiger partial charge in [-0.2, -0.15) is 5.10 Å². The number of aromatic nitrogens is 3. The second-order valence-electron chi connectivity index (χ2n) is 6.62. The smallest absolute Gasteiger partial charge is 0.237 e. The molecule has 1 aliphatic rings. The maximum absolute atomic E-state index is 11.9. The second kappa shape index (κ2) is 8.75. The third-order valence-electron chi connectivity index (χ3n) is 4.72. The Hall–Kier alpha value is -2.06. The number of ether oxygens (including phenoxy) is 1. The molecule has 0 fully saturated rings. The van der Waals surface area contributed by atoms with Gasteiger partial charge in [-0.1, -0.05) is 35.3 Å². The van der Waals surface area contributed by atoms with Crippen molar-refractivity contribution in [2.75, 3.05) is 17.7 Å². The van der Waals surface area contributed by atoms with Crippen molar-refractivity contribution < 1.29 is 9.53 Å². The number of carbonyl (C=O) groups is 1. The number of carbonyl (C=O) groups excluding carboxylic acids is 1. The molecule has 6 nitrogen and oxygen atoms in total. The number of amides is 1. The number of benzene rings is 2. The first-order chi connectivity index (χ1) is 14.0. The van der Waals surface area contributed by atoms with Crippen LogP contribution in [0.1, 0.15) is 17.2 Å². The third-order valence-corrected chi connectivity index (χ3v) is 6.33. The number of fused-ring (bicyclic) bond motifs is 1. The fourth-order valence-electron chi connectivity index (χ4n) is 3.07. The van der Waals surface area contributed by atoms with Crippen LogP contribution in [0, 0.1) is 0 Å². The van der Waals surface area contributed by atoms with Crippen molar-refractivity contribution in [3.63, 3.8) is 0 Å². The molecule has 0 aliphatic carbocycles. The van der Waals surface area contributed by atoms with Gasteiger partial charge in [0.2, 0.25) is 5.91 Å². The third kappa shape index (κ3) is 4.59. The van der Waals surface area contributed by atoms with Crippen molar-refractivity contribution >= 4 is 46.6 Å². The normalized spacial score (nSPS) is 14.7. The molecular weight excluding hydrogens is 431 g/mol. The standard InChI is InChI=1S/C20H18Cl2N4O2S/c1-25-17-5-3-13(6-19(17)29-10-20(25)27)18(8-26-12-23-11-24-26)28-9-14-2-4-15(21)7-16(14)22/h2-7,11-12,18H,8-10H2,1H3. The molecule has 2 aromatic carbocycles. The Morgan fingerprint density at radius 3 is 2.86 bits per heavy atom. The van der Waals surface area contributed by atoms with Gasteiger partial charge in [0, 0.05) is 22.0 Å². The van der Waals surface area contributed by atoms with Gasteiger partial charge in [0.05, 0.1) is 24.6 Å². The molecular formula is C20H18Cl2N4O2S. The molecule has 1 unspecified atom stereocenters.